The van der Waals surface area contributed by atoms with Crippen molar-refractivity contribution < 1.29 is 18.3 Å². The van der Waals surface area contributed by atoms with E-state index < -0.39 is 12.5 Å². The second-order valence-electron chi connectivity index (χ2n) is 6.08. The van der Waals surface area contributed by atoms with E-state index in [-0.39, 0.29) is 11.3 Å². The van der Waals surface area contributed by atoms with Gasteiger partial charge in [0.05, 0.1) is 12.3 Å². The van der Waals surface area contributed by atoms with Crippen LogP contribution in [0.15, 0.2) is 41.3 Å². The van der Waals surface area contributed by atoms with Crippen LogP contribution in [0, 0.1) is 6.92 Å². The number of urea groups is 1. The topological polar surface area (TPSA) is 84.8 Å². The number of aryl methyl sites for hydroxylation is 1. The van der Waals surface area contributed by atoms with Crippen molar-refractivity contribution in [1.82, 2.24) is 5.01 Å². The van der Waals surface area contributed by atoms with Gasteiger partial charge in [0, 0.05) is 28.8 Å². The molecule has 0 fully saturated rings. The van der Waals surface area contributed by atoms with Gasteiger partial charge in [0.25, 0.3) is 6.43 Å². The third-order valence-corrected chi connectivity index (χ3v) is 5.05. The second kappa shape index (κ2) is 9.72. The lowest BCUT2D eigenvalue weighted by Crippen LogP contribution is -2.48. The van der Waals surface area contributed by atoms with Crippen LogP contribution >= 0.6 is 11.8 Å². The average molecular weight is 410 g/mol. The number of anilines is 1. The van der Waals surface area contributed by atoms with E-state index in [0.717, 1.165) is 15.6 Å². The van der Waals surface area contributed by atoms with Crippen LogP contribution < -0.4 is 21.4 Å². The van der Waals surface area contributed by atoms with Gasteiger partial charge in [-0.25, -0.2) is 30.3 Å². The molecule has 0 aliphatic carbocycles. The first-order valence-electron chi connectivity index (χ1n) is 8.59. The molecule has 0 saturated heterocycles. The number of carbonyl (C=O) groups is 1. The molecule has 0 atom stereocenters. The zero-order valence-electron chi connectivity index (χ0n) is 16.0. The van der Waals surface area contributed by atoms with Crippen molar-refractivity contribution in [2.75, 3.05) is 18.7 Å². The van der Waals surface area contributed by atoms with E-state index in [1.165, 1.54) is 24.9 Å². The van der Waals surface area contributed by atoms with E-state index in [1.807, 2.05) is 13.8 Å². The van der Waals surface area contributed by atoms with Crippen LogP contribution in [-0.2, 0) is 5.75 Å². The molecule has 28 heavy (non-hydrogen) atoms. The van der Waals surface area contributed by atoms with Crippen LogP contribution in [0.2, 0.25) is 0 Å². The smallest absolute Gasteiger partial charge is 0.352 e. The zero-order chi connectivity index (χ0) is 20.8. The fraction of sp³-hybridized carbons (Fsp3) is 0.316. The molecule has 2 aromatic carbocycles. The number of thioether (sulfide) groups is 1. The molecule has 0 radical (unpaired) electrons. The molecular weight excluding hydrogens is 386 g/mol. The lowest BCUT2D eigenvalue weighted by atomic mass is 10.1. The van der Waals surface area contributed by atoms with E-state index >= 15 is 0 Å². The first kappa shape index (κ1) is 21.9. The van der Waals surface area contributed by atoms with Crippen LogP contribution in [0.4, 0.5) is 19.3 Å². The molecule has 0 aliphatic heterocycles. The highest BCUT2D eigenvalue weighted by atomic mass is 32.2. The Morgan fingerprint density at radius 3 is 2.57 bits per heavy atom. The third-order valence-electron chi connectivity index (χ3n) is 3.95. The fourth-order valence-electron chi connectivity index (χ4n) is 2.59. The summed E-state index contributed by atoms with van der Waals surface area (Å²) in [6.07, 6.45) is -2.58. The molecule has 6 nitrogen and oxygen atoms in total. The van der Waals surface area contributed by atoms with Crippen molar-refractivity contribution >= 4 is 23.5 Å². The van der Waals surface area contributed by atoms with Crippen LogP contribution in [0.25, 0.3) is 0 Å². The number of nitrogens with zero attached hydrogens (tertiary/aromatic N) is 2. The zero-order valence-corrected chi connectivity index (χ0v) is 16.8. The molecule has 152 valence electrons. The number of nitrogens with two attached hydrogens (primary N) is 2. The van der Waals surface area contributed by atoms with E-state index in [1.54, 1.807) is 30.3 Å². The number of halogens is 2. The van der Waals surface area contributed by atoms with Gasteiger partial charge in [-0.2, -0.15) is 0 Å². The van der Waals surface area contributed by atoms with Gasteiger partial charge >= 0.3 is 6.03 Å². The third kappa shape index (κ3) is 5.12. The van der Waals surface area contributed by atoms with Crippen LogP contribution in [0.5, 0.6) is 5.75 Å². The average Bonchev–Trinajstić information content (AvgIpc) is 2.65. The summed E-state index contributed by atoms with van der Waals surface area (Å²) in [5.74, 6) is 12.3. The van der Waals surface area contributed by atoms with Gasteiger partial charge in [0.2, 0.25) is 0 Å². The highest BCUT2D eigenvalue weighted by molar-refractivity contribution is 7.98. The van der Waals surface area contributed by atoms with E-state index in [9.17, 15) is 13.6 Å². The van der Waals surface area contributed by atoms with E-state index in [0.29, 0.717) is 28.5 Å². The summed E-state index contributed by atoms with van der Waals surface area (Å²) in [5.41, 5.74) is 1.86. The Morgan fingerprint density at radius 1 is 1.25 bits per heavy atom. The van der Waals surface area contributed by atoms with E-state index in [2.05, 4.69) is 0 Å². The van der Waals surface area contributed by atoms with Crippen molar-refractivity contribution in [1.29, 1.82) is 0 Å². The van der Waals surface area contributed by atoms with Gasteiger partial charge in [-0.1, -0.05) is 18.2 Å². The van der Waals surface area contributed by atoms with Crippen molar-refractivity contribution in [3.63, 3.8) is 0 Å². The van der Waals surface area contributed by atoms with Crippen molar-refractivity contribution in [3.05, 3.63) is 53.1 Å². The van der Waals surface area contributed by atoms with Gasteiger partial charge in [-0.05, 0) is 37.6 Å². The molecule has 0 aliphatic rings. The largest absolute Gasteiger partial charge is 0.493 e. The van der Waals surface area contributed by atoms with Gasteiger partial charge in [0.15, 0.2) is 0 Å². The SMILES string of the molecule is CCOc1cccc(N(N)C(=O)N(C)N)c1CSc1cc(C)ccc1C(F)F. The summed E-state index contributed by atoms with van der Waals surface area (Å²) in [5, 5.41) is 1.78. The predicted octanol–water partition coefficient (Wildman–Crippen LogP) is 4.23. The highest BCUT2D eigenvalue weighted by Gasteiger charge is 2.21. The van der Waals surface area contributed by atoms with Crippen molar-refractivity contribution in [2.45, 2.75) is 30.9 Å². The minimum atomic E-state index is -2.58. The number of hydrogen-bond donors (Lipinski definition) is 2. The number of hydrogen-bond acceptors (Lipinski definition) is 5. The molecule has 0 bridgehead atoms. The first-order valence-corrected chi connectivity index (χ1v) is 9.58. The molecule has 4 N–H and O–H groups in total. The van der Waals surface area contributed by atoms with Gasteiger partial charge in [-0.15, -0.1) is 11.8 Å². The predicted molar refractivity (Wildman–Crippen MR) is 107 cm³/mol. The molecule has 0 saturated carbocycles. The van der Waals surface area contributed by atoms with Gasteiger partial charge in [0.1, 0.15) is 5.75 Å². The summed E-state index contributed by atoms with van der Waals surface area (Å²) < 4.78 is 32.4. The molecule has 0 aromatic heterocycles. The lowest BCUT2D eigenvalue weighted by molar-refractivity contribution is 0.148. The quantitative estimate of drug-likeness (QED) is 0.309. The Balaban J connectivity index is 2.41. The Labute approximate surface area is 167 Å². The van der Waals surface area contributed by atoms with Crippen LogP contribution in [0.1, 0.15) is 30.0 Å². The molecular formula is C19H24F2N4O2S. The minimum absolute atomic E-state index is 0.0339. The lowest BCUT2D eigenvalue weighted by Gasteiger charge is -2.24. The Hall–Kier alpha value is -2.36. The number of amides is 2. The Bertz CT molecular complexity index is 834. The summed E-state index contributed by atoms with van der Waals surface area (Å²) in [4.78, 5) is 12.7. The van der Waals surface area contributed by atoms with Gasteiger partial charge < -0.3 is 4.74 Å². The minimum Gasteiger partial charge on any atom is -0.493 e. The Morgan fingerprint density at radius 2 is 1.96 bits per heavy atom. The monoisotopic (exact) mass is 410 g/mol. The number of ether oxygens (including phenoxy) is 1. The molecule has 2 aromatic rings. The molecule has 2 rings (SSSR count). The summed E-state index contributed by atoms with van der Waals surface area (Å²) >= 11 is 1.24. The van der Waals surface area contributed by atoms with Crippen LogP contribution in [-0.4, -0.2) is 24.7 Å². The molecule has 0 unspecified atom stereocenters. The highest BCUT2D eigenvalue weighted by Crippen LogP contribution is 2.38. The summed E-state index contributed by atoms with van der Waals surface area (Å²) in [6.45, 7) is 4.08. The normalized spacial score (nSPS) is 10.9. The number of carbonyl (C=O) groups excluding carboxylic acids is 1. The van der Waals surface area contributed by atoms with Crippen LogP contribution in [0.3, 0.4) is 0 Å². The molecule has 2 amide bonds. The molecule has 0 heterocycles. The van der Waals surface area contributed by atoms with Crippen molar-refractivity contribution in [3.8, 4) is 5.75 Å². The number of rotatable bonds is 7. The summed E-state index contributed by atoms with van der Waals surface area (Å²) in [6, 6.07) is 9.29. The van der Waals surface area contributed by atoms with Crippen molar-refractivity contribution in [2.24, 2.45) is 11.7 Å². The first-order chi connectivity index (χ1) is 13.3. The maximum Gasteiger partial charge on any atom is 0.352 e. The number of benzene rings is 2. The number of hydrazine groups is 2. The van der Waals surface area contributed by atoms with E-state index in [4.69, 9.17) is 16.4 Å². The number of alkyl halides is 2. The second-order valence-corrected chi connectivity index (χ2v) is 7.10. The fourth-order valence-corrected chi connectivity index (χ4v) is 3.77. The molecule has 0 spiro atoms. The summed E-state index contributed by atoms with van der Waals surface area (Å²) in [7, 11) is 1.38. The Kier molecular flexibility index (Phi) is 7.61. The maximum atomic E-state index is 13.4. The van der Waals surface area contributed by atoms with Gasteiger partial charge in [-0.3, -0.25) is 5.01 Å². The molecule has 9 heteroatoms. The maximum absolute atomic E-state index is 13.4. The standard InChI is InChI=1S/C19H24F2N4O2S/c1-4-27-16-7-5-6-15(25(23)19(26)24(3)22)14(16)11-28-17-10-12(2)8-9-13(17)18(20)21/h5-10,18H,4,11,22-23H2,1-3H3.